The van der Waals surface area contributed by atoms with Gasteiger partial charge in [0.15, 0.2) is 0 Å². The first kappa shape index (κ1) is 15.3. The number of phenolic OH excluding ortho intramolecular Hbond substituents is 1. The van der Waals surface area contributed by atoms with E-state index < -0.39 is 0 Å². The summed E-state index contributed by atoms with van der Waals surface area (Å²) in [4.78, 5) is 2.47. The van der Waals surface area contributed by atoms with Crippen LogP contribution in [0.3, 0.4) is 0 Å². The van der Waals surface area contributed by atoms with Crippen molar-refractivity contribution in [2.45, 2.75) is 31.9 Å². The van der Waals surface area contributed by atoms with Crippen LogP contribution in [0, 0.1) is 0 Å². The Morgan fingerprint density at radius 3 is 3.05 bits per heavy atom. The van der Waals surface area contributed by atoms with Crippen molar-refractivity contribution in [3.63, 3.8) is 0 Å². The number of aromatic hydroxyl groups is 1. The lowest BCUT2D eigenvalue weighted by molar-refractivity contribution is -0.0450. The predicted molar refractivity (Wildman–Crippen MR) is 81.1 cm³/mol. The van der Waals surface area contributed by atoms with Gasteiger partial charge >= 0.3 is 0 Å². The summed E-state index contributed by atoms with van der Waals surface area (Å²) in [5.74, 6) is 0.328. The molecule has 0 bridgehead atoms. The smallest absolute Gasteiger partial charge is 0.115 e. The van der Waals surface area contributed by atoms with E-state index in [2.05, 4.69) is 23.2 Å². The lowest BCUT2D eigenvalue weighted by Crippen LogP contribution is -2.52. The maximum absolute atomic E-state index is 9.56. The molecule has 1 heterocycles. The molecule has 1 aliphatic rings. The van der Waals surface area contributed by atoms with Gasteiger partial charge in [0.1, 0.15) is 5.75 Å². The lowest BCUT2D eigenvalue weighted by atomic mass is 10.00. The molecule has 0 spiro atoms. The van der Waals surface area contributed by atoms with Crippen LogP contribution in [0.15, 0.2) is 24.3 Å². The van der Waals surface area contributed by atoms with Gasteiger partial charge in [0, 0.05) is 19.1 Å². The van der Waals surface area contributed by atoms with Crippen LogP contribution in [0.5, 0.6) is 5.75 Å². The highest BCUT2D eigenvalue weighted by molar-refractivity contribution is 5.27. The number of phenols is 1. The number of morpholine rings is 1. The average Bonchev–Trinajstić information content (AvgIpc) is 2.45. The molecule has 1 aromatic rings. The topological polar surface area (TPSA) is 44.7 Å². The number of ether oxygens (including phenoxy) is 1. The van der Waals surface area contributed by atoms with Crippen molar-refractivity contribution in [3.05, 3.63) is 29.8 Å². The van der Waals surface area contributed by atoms with Crippen molar-refractivity contribution < 1.29 is 9.84 Å². The fourth-order valence-corrected chi connectivity index (χ4v) is 2.85. The first-order chi connectivity index (χ1) is 9.72. The Morgan fingerprint density at radius 2 is 2.35 bits per heavy atom. The van der Waals surface area contributed by atoms with Gasteiger partial charge in [-0.25, -0.2) is 0 Å². The molecule has 1 aromatic carbocycles. The average molecular weight is 278 g/mol. The molecule has 4 heteroatoms. The van der Waals surface area contributed by atoms with Crippen molar-refractivity contribution in [2.75, 3.05) is 33.3 Å². The maximum atomic E-state index is 9.56. The van der Waals surface area contributed by atoms with Crippen molar-refractivity contribution >= 4 is 0 Å². The van der Waals surface area contributed by atoms with Gasteiger partial charge in [0.05, 0.1) is 12.7 Å². The molecule has 0 radical (unpaired) electrons. The highest BCUT2D eigenvalue weighted by Gasteiger charge is 2.27. The fraction of sp³-hybridized carbons (Fsp3) is 0.625. The zero-order valence-corrected chi connectivity index (χ0v) is 12.5. The van der Waals surface area contributed by atoms with Crippen LogP contribution in [0.2, 0.25) is 0 Å². The Labute approximate surface area is 121 Å². The Bertz CT molecular complexity index is 409. The van der Waals surface area contributed by atoms with E-state index in [1.165, 1.54) is 6.42 Å². The molecule has 2 atom stereocenters. The molecule has 0 aromatic heterocycles. The molecule has 0 amide bonds. The van der Waals surface area contributed by atoms with Gasteiger partial charge in [-0.2, -0.15) is 0 Å². The van der Waals surface area contributed by atoms with E-state index >= 15 is 0 Å². The SMILES string of the molecule is CCCN1CCOC(C(Cc2cccc(O)c2)NC)C1. The van der Waals surface area contributed by atoms with Crippen molar-refractivity contribution in [3.8, 4) is 5.75 Å². The largest absolute Gasteiger partial charge is 0.508 e. The summed E-state index contributed by atoms with van der Waals surface area (Å²) in [6.45, 7) is 6.18. The molecule has 4 nitrogen and oxygen atoms in total. The second-order valence-corrected chi connectivity index (χ2v) is 5.48. The van der Waals surface area contributed by atoms with E-state index in [1.54, 1.807) is 6.07 Å². The third kappa shape index (κ3) is 4.20. The summed E-state index contributed by atoms with van der Waals surface area (Å²) in [7, 11) is 1.98. The highest BCUT2D eigenvalue weighted by atomic mass is 16.5. The molecular weight excluding hydrogens is 252 g/mol. The Balaban J connectivity index is 1.97. The molecule has 20 heavy (non-hydrogen) atoms. The molecule has 2 rings (SSSR count). The van der Waals surface area contributed by atoms with Crippen LogP contribution in [0.4, 0.5) is 0 Å². The van der Waals surface area contributed by atoms with Gasteiger partial charge in [-0.05, 0) is 44.1 Å². The van der Waals surface area contributed by atoms with Crippen LogP contribution >= 0.6 is 0 Å². The van der Waals surface area contributed by atoms with E-state index in [4.69, 9.17) is 4.74 Å². The van der Waals surface area contributed by atoms with Gasteiger partial charge in [-0.1, -0.05) is 19.1 Å². The minimum absolute atomic E-state index is 0.211. The normalized spacial score (nSPS) is 21.8. The van der Waals surface area contributed by atoms with Crippen LogP contribution in [-0.4, -0.2) is 55.4 Å². The fourth-order valence-electron chi connectivity index (χ4n) is 2.85. The van der Waals surface area contributed by atoms with E-state index in [1.807, 2.05) is 19.2 Å². The molecule has 1 saturated heterocycles. The molecule has 0 aliphatic carbocycles. The van der Waals surface area contributed by atoms with Crippen molar-refractivity contribution in [2.24, 2.45) is 0 Å². The second-order valence-electron chi connectivity index (χ2n) is 5.48. The second kappa shape index (κ2) is 7.62. The summed E-state index contributed by atoms with van der Waals surface area (Å²) in [6.07, 6.45) is 2.27. The quantitative estimate of drug-likeness (QED) is 0.830. The van der Waals surface area contributed by atoms with Crippen LogP contribution in [0.25, 0.3) is 0 Å². The molecule has 0 saturated carbocycles. The number of hydrogen-bond donors (Lipinski definition) is 2. The third-order valence-electron chi connectivity index (χ3n) is 3.90. The number of likely N-dealkylation sites (N-methyl/N-ethyl adjacent to an activating group) is 1. The summed E-state index contributed by atoms with van der Waals surface area (Å²) in [5.41, 5.74) is 1.14. The number of nitrogens with one attached hydrogen (secondary N) is 1. The van der Waals surface area contributed by atoms with E-state index in [-0.39, 0.29) is 12.1 Å². The molecular formula is C16H26N2O2. The van der Waals surface area contributed by atoms with Gasteiger partial charge in [0.25, 0.3) is 0 Å². The summed E-state index contributed by atoms with van der Waals surface area (Å²) in [5, 5.41) is 12.9. The van der Waals surface area contributed by atoms with E-state index in [0.717, 1.165) is 38.2 Å². The summed E-state index contributed by atoms with van der Waals surface area (Å²) >= 11 is 0. The summed E-state index contributed by atoms with van der Waals surface area (Å²) < 4.78 is 5.94. The van der Waals surface area contributed by atoms with Crippen LogP contribution < -0.4 is 5.32 Å². The Morgan fingerprint density at radius 1 is 1.50 bits per heavy atom. The maximum Gasteiger partial charge on any atom is 0.115 e. The Hall–Kier alpha value is -1.10. The molecule has 1 aliphatic heterocycles. The molecule has 2 unspecified atom stereocenters. The van der Waals surface area contributed by atoms with Crippen molar-refractivity contribution in [1.29, 1.82) is 0 Å². The standard InChI is InChI=1S/C16H26N2O2/c1-3-7-18-8-9-20-16(12-18)15(17-2)11-13-5-4-6-14(19)10-13/h4-6,10,15-17,19H,3,7-9,11-12H2,1-2H3. The molecule has 2 N–H and O–H groups in total. The van der Waals surface area contributed by atoms with Crippen LogP contribution in [-0.2, 0) is 11.2 Å². The highest BCUT2D eigenvalue weighted by Crippen LogP contribution is 2.16. The number of benzene rings is 1. The number of rotatable bonds is 6. The Kier molecular flexibility index (Phi) is 5.83. The first-order valence-corrected chi connectivity index (χ1v) is 7.52. The zero-order valence-electron chi connectivity index (χ0n) is 12.5. The lowest BCUT2D eigenvalue weighted by Gasteiger charge is -2.37. The first-order valence-electron chi connectivity index (χ1n) is 7.52. The van der Waals surface area contributed by atoms with E-state index in [9.17, 15) is 5.11 Å². The van der Waals surface area contributed by atoms with Gasteiger partial charge in [-0.15, -0.1) is 0 Å². The monoisotopic (exact) mass is 278 g/mol. The molecule has 1 fully saturated rings. The van der Waals surface area contributed by atoms with Crippen molar-refractivity contribution in [1.82, 2.24) is 10.2 Å². The number of hydrogen-bond acceptors (Lipinski definition) is 4. The summed E-state index contributed by atoms with van der Waals surface area (Å²) in [6, 6.07) is 7.75. The molecule has 112 valence electrons. The predicted octanol–water partition coefficient (Wildman–Crippen LogP) is 1.63. The minimum Gasteiger partial charge on any atom is -0.508 e. The zero-order chi connectivity index (χ0) is 14.4. The van der Waals surface area contributed by atoms with Gasteiger partial charge in [0.2, 0.25) is 0 Å². The number of nitrogens with zero attached hydrogens (tertiary/aromatic N) is 1. The van der Waals surface area contributed by atoms with Gasteiger partial charge in [-0.3, -0.25) is 4.90 Å². The minimum atomic E-state index is 0.211. The van der Waals surface area contributed by atoms with Crippen LogP contribution in [0.1, 0.15) is 18.9 Å². The third-order valence-corrected chi connectivity index (χ3v) is 3.90. The van der Waals surface area contributed by atoms with Gasteiger partial charge < -0.3 is 15.2 Å². The van der Waals surface area contributed by atoms with E-state index in [0.29, 0.717) is 5.75 Å².